The van der Waals surface area contributed by atoms with Crippen molar-refractivity contribution in [2.75, 3.05) is 0 Å². The van der Waals surface area contributed by atoms with Crippen LogP contribution in [0.2, 0.25) is 0 Å². The normalized spacial score (nSPS) is 15.4. The molecule has 0 aromatic heterocycles. The monoisotopic (exact) mass is 379 g/mol. The van der Waals surface area contributed by atoms with Crippen LogP contribution in [0.3, 0.4) is 0 Å². The van der Waals surface area contributed by atoms with Gasteiger partial charge >= 0.3 is 0 Å². The third-order valence-electron chi connectivity index (χ3n) is 4.13. The smallest absolute Gasteiger partial charge is 0.290 e. The molecular formula is C21H14FNO3S. The highest BCUT2D eigenvalue weighted by Gasteiger charge is 2.24. The SMILES string of the molecule is O=C1NC(=O)C(=Cc2ccc3cc(OCc4ccccc4F)ccc3c2)S1. The molecule has 4 nitrogen and oxygen atoms in total. The summed E-state index contributed by atoms with van der Waals surface area (Å²) in [6, 6.07) is 17.8. The Hall–Kier alpha value is -3.12. The summed E-state index contributed by atoms with van der Waals surface area (Å²) in [5.74, 6) is -0.0153. The standard InChI is InChI=1S/C21H14FNO3S/c22-18-4-2-1-3-16(18)12-26-17-8-7-14-9-13(5-6-15(14)11-17)10-19-20(24)23-21(25)27-19/h1-11H,12H2,(H,23,24,25). The Labute approximate surface area is 159 Å². The minimum absolute atomic E-state index is 0.155. The van der Waals surface area contributed by atoms with Crippen LogP contribution in [-0.4, -0.2) is 11.1 Å². The zero-order valence-corrected chi connectivity index (χ0v) is 14.9. The number of nitrogens with one attached hydrogen (secondary N) is 1. The Morgan fingerprint density at radius 3 is 2.56 bits per heavy atom. The number of imide groups is 1. The van der Waals surface area contributed by atoms with E-state index in [4.69, 9.17) is 4.74 Å². The maximum atomic E-state index is 13.7. The number of halogens is 1. The lowest BCUT2D eigenvalue weighted by Gasteiger charge is -2.08. The van der Waals surface area contributed by atoms with Crippen molar-refractivity contribution in [2.45, 2.75) is 6.61 Å². The first kappa shape index (κ1) is 17.3. The largest absolute Gasteiger partial charge is 0.489 e. The van der Waals surface area contributed by atoms with Crippen molar-refractivity contribution < 1.29 is 18.7 Å². The molecule has 0 spiro atoms. The number of amides is 2. The van der Waals surface area contributed by atoms with Gasteiger partial charge < -0.3 is 4.74 Å². The minimum Gasteiger partial charge on any atom is -0.489 e. The van der Waals surface area contributed by atoms with Gasteiger partial charge in [0.05, 0.1) is 4.91 Å². The number of rotatable bonds is 4. The van der Waals surface area contributed by atoms with Crippen LogP contribution in [-0.2, 0) is 11.4 Å². The molecule has 2 amide bonds. The summed E-state index contributed by atoms with van der Waals surface area (Å²) in [7, 11) is 0. The first-order chi connectivity index (χ1) is 13.1. The summed E-state index contributed by atoms with van der Waals surface area (Å²) in [4.78, 5) is 23.3. The molecule has 0 unspecified atom stereocenters. The first-order valence-corrected chi connectivity index (χ1v) is 9.05. The van der Waals surface area contributed by atoms with E-state index in [0.29, 0.717) is 16.2 Å². The number of hydrogen-bond acceptors (Lipinski definition) is 4. The van der Waals surface area contributed by atoms with Gasteiger partial charge in [-0.05, 0) is 58.4 Å². The van der Waals surface area contributed by atoms with E-state index in [2.05, 4.69) is 5.32 Å². The maximum absolute atomic E-state index is 13.7. The highest BCUT2D eigenvalue weighted by atomic mass is 32.2. The zero-order chi connectivity index (χ0) is 18.8. The molecule has 1 saturated heterocycles. The number of thioether (sulfide) groups is 1. The van der Waals surface area contributed by atoms with Crippen LogP contribution >= 0.6 is 11.8 Å². The van der Waals surface area contributed by atoms with E-state index in [1.165, 1.54) is 6.07 Å². The number of carbonyl (C=O) groups is 2. The lowest BCUT2D eigenvalue weighted by atomic mass is 10.1. The van der Waals surface area contributed by atoms with E-state index in [-0.39, 0.29) is 23.6 Å². The second kappa shape index (κ2) is 7.25. The Kier molecular flexibility index (Phi) is 4.64. The Bertz CT molecular complexity index is 1090. The summed E-state index contributed by atoms with van der Waals surface area (Å²) in [5.41, 5.74) is 1.33. The molecule has 27 heavy (non-hydrogen) atoms. The fourth-order valence-corrected chi connectivity index (χ4v) is 3.45. The summed E-state index contributed by atoms with van der Waals surface area (Å²) >= 11 is 0.893. The predicted molar refractivity (Wildman–Crippen MR) is 104 cm³/mol. The molecule has 1 fully saturated rings. The van der Waals surface area contributed by atoms with Crippen molar-refractivity contribution in [2.24, 2.45) is 0 Å². The van der Waals surface area contributed by atoms with E-state index in [0.717, 1.165) is 28.1 Å². The van der Waals surface area contributed by atoms with Crippen LogP contribution in [0.4, 0.5) is 9.18 Å². The Morgan fingerprint density at radius 2 is 1.78 bits per heavy atom. The predicted octanol–water partition coefficient (Wildman–Crippen LogP) is 4.88. The highest BCUT2D eigenvalue weighted by Crippen LogP contribution is 2.28. The van der Waals surface area contributed by atoms with Crippen molar-refractivity contribution in [3.05, 3.63) is 82.5 Å². The number of carbonyl (C=O) groups excluding carboxylic acids is 2. The van der Waals surface area contributed by atoms with Gasteiger partial charge in [-0.1, -0.05) is 36.4 Å². The fourth-order valence-electron chi connectivity index (χ4n) is 2.77. The average molecular weight is 379 g/mol. The zero-order valence-electron chi connectivity index (χ0n) is 14.1. The molecule has 6 heteroatoms. The summed E-state index contributed by atoms with van der Waals surface area (Å²) in [5, 5.41) is 3.81. The van der Waals surface area contributed by atoms with Crippen molar-refractivity contribution in [1.82, 2.24) is 5.32 Å². The van der Waals surface area contributed by atoms with Crippen molar-refractivity contribution in [3.8, 4) is 5.75 Å². The molecule has 0 aliphatic carbocycles. The third-order valence-corrected chi connectivity index (χ3v) is 4.94. The van der Waals surface area contributed by atoms with Gasteiger partial charge in [-0.15, -0.1) is 0 Å². The van der Waals surface area contributed by atoms with Crippen LogP contribution < -0.4 is 10.1 Å². The number of hydrogen-bond donors (Lipinski definition) is 1. The molecule has 4 rings (SSSR count). The molecule has 0 radical (unpaired) electrons. The molecule has 134 valence electrons. The first-order valence-electron chi connectivity index (χ1n) is 8.23. The second-order valence-electron chi connectivity index (χ2n) is 6.00. The molecule has 0 atom stereocenters. The van der Waals surface area contributed by atoms with Crippen molar-refractivity contribution >= 4 is 39.8 Å². The van der Waals surface area contributed by atoms with Gasteiger partial charge in [0, 0.05) is 5.56 Å². The molecule has 1 aliphatic heterocycles. The van der Waals surface area contributed by atoms with Crippen LogP contribution in [0.15, 0.2) is 65.6 Å². The molecule has 1 heterocycles. The summed E-state index contributed by atoms with van der Waals surface area (Å²) in [6.45, 7) is 0.155. The number of fused-ring (bicyclic) bond motifs is 1. The van der Waals surface area contributed by atoms with Gasteiger partial charge in [0.2, 0.25) is 0 Å². The summed E-state index contributed by atoms with van der Waals surface area (Å²) in [6.07, 6.45) is 1.69. The van der Waals surface area contributed by atoms with Gasteiger partial charge in [0.1, 0.15) is 18.2 Å². The van der Waals surface area contributed by atoms with Crippen LogP contribution in [0, 0.1) is 5.82 Å². The summed E-state index contributed by atoms with van der Waals surface area (Å²) < 4.78 is 19.4. The lowest BCUT2D eigenvalue weighted by Crippen LogP contribution is -2.17. The van der Waals surface area contributed by atoms with E-state index < -0.39 is 0 Å². The molecule has 3 aromatic carbocycles. The number of ether oxygens (including phenoxy) is 1. The molecule has 1 N–H and O–H groups in total. The average Bonchev–Trinajstić information content (AvgIpc) is 2.98. The molecule has 3 aromatic rings. The number of benzene rings is 3. The van der Waals surface area contributed by atoms with E-state index in [9.17, 15) is 14.0 Å². The highest BCUT2D eigenvalue weighted by molar-refractivity contribution is 8.18. The molecule has 0 bridgehead atoms. The van der Waals surface area contributed by atoms with E-state index in [1.54, 1.807) is 24.3 Å². The lowest BCUT2D eigenvalue weighted by molar-refractivity contribution is -0.115. The molecule has 1 aliphatic rings. The quantitative estimate of drug-likeness (QED) is 0.657. The van der Waals surface area contributed by atoms with Crippen molar-refractivity contribution in [3.63, 3.8) is 0 Å². The second-order valence-corrected chi connectivity index (χ2v) is 7.02. The topological polar surface area (TPSA) is 55.4 Å². The van der Waals surface area contributed by atoms with Crippen molar-refractivity contribution in [1.29, 1.82) is 0 Å². The Morgan fingerprint density at radius 1 is 1.00 bits per heavy atom. The fraction of sp³-hybridized carbons (Fsp3) is 0.0476. The minimum atomic E-state index is -0.373. The molecular weight excluding hydrogens is 365 g/mol. The van der Waals surface area contributed by atoms with Gasteiger partial charge in [-0.3, -0.25) is 14.9 Å². The molecule has 0 saturated carbocycles. The van der Waals surface area contributed by atoms with E-state index in [1.807, 2.05) is 36.4 Å². The van der Waals surface area contributed by atoms with E-state index >= 15 is 0 Å². The van der Waals surface area contributed by atoms with Gasteiger partial charge in [-0.25, -0.2) is 4.39 Å². The Balaban J connectivity index is 1.54. The van der Waals surface area contributed by atoms with Gasteiger partial charge in [0.15, 0.2) is 0 Å². The maximum Gasteiger partial charge on any atom is 0.290 e. The van der Waals surface area contributed by atoms with Gasteiger partial charge in [-0.2, -0.15) is 0 Å². The van der Waals surface area contributed by atoms with Crippen LogP contribution in [0.5, 0.6) is 5.75 Å². The van der Waals surface area contributed by atoms with Crippen LogP contribution in [0.1, 0.15) is 11.1 Å². The van der Waals surface area contributed by atoms with Crippen LogP contribution in [0.25, 0.3) is 16.8 Å². The van der Waals surface area contributed by atoms with Gasteiger partial charge in [0.25, 0.3) is 11.1 Å². The third kappa shape index (κ3) is 3.85.